The van der Waals surface area contributed by atoms with Gasteiger partial charge in [-0.3, -0.25) is 24.0 Å². The van der Waals surface area contributed by atoms with E-state index in [0.717, 1.165) is 56.1 Å². The van der Waals surface area contributed by atoms with Crippen LogP contribution in [0.5, 0.6) is 11.6 Å². The minimum absolute atomic E-state index is 0.0122. The molecule has 5 fully saturated rings. The first-order valence-corrected chi connectivity index (χ1v) is 24.7. The first-order chi connectivity index (χ1) is 30.2. The minimum Gasteiger partial charge on any atom is -0.491 e. The van der Waals surface area contributed by atoms with Crippen molar-refractivity contribution in [2.24, 2.45) is 17.3 Å². The second-order valence-corrected chi connectivity index (χ2v) is 23.0. The zero-order valence-corrected chi connectivity index (χ0v) is 38.8. The molecule has 0 radical (unpaired) electrons. The summed E-state index contributed by atoms with van der Waals surface area (Å²) >= 11 is 0. The predicted octanol–water partition coefficient (Wildman–Crippen LogP) is 4.51. The van der Waals surface area contributed by atoms with Crippen LogP contribution in [0.3, 0.4) is 0 Å². The molecule has 3 aliphatic heterocycles. The fourth-order valence-corrected chi connectivity index (χ4v) is 10.8. The fraction of sp³-hybridized carbons (Fsp3) is 0.681. The second kappa shape index (κ2) is 17.4. The summed E-state index contributed by atoms with van der Waals surface area (Å²) in [6, 6.07) is 5.46. The predicted molar refractivity (Wildman–Crippen MR) is 239 cm³/mol. The van der Waals surface area contributed by atoms with E-state index in [4.69, 9.17) is 19.2 Å². The third kappa shape index (κ3) is 9.72. The lowest BCUT2D eigenvalue weighted by atomic mass is 9.85. The number of benzene rings is 1. The largest absolute Gasteiger partial charge is 0.491 e. The molecule has 2 aromatic rings. The number of amides is 4. The van der Waals surface area contributed by atoms with Gasteiger partial charge in [0.15, 0.2) is 0 Å². The summed E-state index contributed by atoms with van der Waals surface area (Å²) in [5.41, 5.74) is -1.61. The number of fused-ring (bicyclic) bond motifs is 5. The monoisotopic (exact) mass is 906 g/mol. The Labute approximate surface area is 376 Å². The highest BCUT2D eigenvalue weighted by Gasteiger charge is 2.63. The van der Waals surface area contributed by atoms with Crippen LogP contribution in [0.25, 0.3) is 10.9 Å². The Hall–Kier alpha value is -4.48. The van der Waals surface area contributed by atoms with E-state index in [-0.39, 0.29) is 31.4 Å². The molecule has 16 nitrogen and oxygen atoms in total. The molecule has 3 aliphatic carbocycles. The Kier molecular flexibility index (Phi) is 12.5. The first kappa shape index (κ1) is 46.1. The molecule has 7 atom stereocenters. The highest BCUT2D eigenvalue weighted by molar-refractivity contribution is 7.91. The number of aromatic nitrogens is 1. The lowest BCUT2D eigenvalue weighted by Gasteiger charge is -2.35. The molecule has 6 aliphatic rings. The number of para-hydroxylation sites is 1. The molecule has 4 N–H and O–H groups in total. The highest BCUT2D eigenvalue weighted by Crippen LogP contribution is 2.47. The summed E-state index contributed by atoms with van der Waals surface area (Å²) in [6.45, 7) is 15.3. The number of sulfonamides is 1. The Morgan fingerprint density at radius 3 is 2.48 bits per heavy atom. The third-order valence-electron chi connectivity index (χ3n) is 14.5. The molecule has 2 saturated heterocycles. The average Bonchev–Trinajstić information content (AvgIpc) is 4.19. The number of carbonyl (C=O) groups excluding carboxylic acids is 4. The van der Waals surface area contributed by atoms with Crippen LogP contribution in [0.1, 0.15) is 111 Å². The second-order valence-electron chi connectivity index (χ2n) is 20.8. The van der Waals surface area contributed by atoms with Crippen molar-refractivity contribution in [1.82, 2.24) is 30.1 Å². The number of ether oxygens (including phenoxy) is 3. The van der Waals surface area contributed by atoms with Gasteiger partial charge in [0.05, 0.1) is 28.0 Å². The average molecular weight is 907 g/mol. The summed E-state index contributed by atoms with van der Waals surface area (Å²) in [7, 11) is -4.02. The van der Waals surface area contributed by atoms with Gasteiger partial charge in [-0.15, -0.1) is 6.58 Å². The van der Waals surface area contributed by atoms with Crippen LogP contribution in [0.4, 0.5) is 4.79 Å². The quantitative estimate of drug-likeness (QED) is 0.243. The third-order valence-corrected chi connectivity index (χ3v) is 16.7. The van der Waals surface area contributed by atoms with Crippen molar-refractivity contribution in [2.75, 3.05) is 32.8 Å². The molecular formula is C47H66N6O10S. The van der Waals surface area contributed by atoms with Crippen molar-refractivity contribution >= 4 is 44.7 Å². The van der Waals surface area contributed by atoms with E-state index in [2.05, 4.69) is 26.8 Å². The van der Waals surface area contributed by atoms with Crippen LogP contribution in [0, 0.1) is 17.3 Å². The van der Waals surface area contributed by atoms with Gasteiger partial charge >= 0.3 is 6.09 Å². The zero-order valence-electron chi connectivity index (χ0n) is 38.0. The fourth-order valence-electron chi connectivity index (χ4n) is 9.53. The summed E-state index contributed by atoms with van der Waals surface area (Å²) in [4.78, 5) is 65.5. The number of aliphatic hydroxyl groups is 1. The maximum absolute atomic E-state index is 14.9. The summed E-state index contributed by atoms with van der Waals surface area (Å²) in [5, 5.41) is 17.1. The molecule has 1 aromatic carbocycles. The van der Waals surface area contributed by atoms with Gasteiger partial charge in [-0.1, -0.05) is 51.8 Å². The minimum atomic E-state index is -4.02. The van der Waals surface area contributed by atoms with E-state index in [1.807, 2.05) is 52.0 Å². The number of hydrogen-bond acceptors (Lipinski definition) is 12. The standard InChI is InChI=1S/C47H66N6O10S/c1-7-30-27-47(30,42(56)51-64(59,60)46(6)17-18-46)50-39(54)35-26-31-28-53(35)41(55)38(44(2,3)4)49-43(57)63-36-25-29(36)13-9-8-10-15-33-37(32-14-11-12-16-34(32)48-40(33)62-31)61-24-23-52-21-19-45(5,58)20-22-52/h7,11-12,14,16,29-31,35-36,38,58H,1,8-10,13,15,17-28H2,2-6H3,(H,49,57)(H,50,54)(H,51,56)/t29-,30-,31-,35+,36-,38-,47-/m1/s1. The first-order valence-electron chi connectivity index (χ1n) is 23.2. The van der Waals surface area contributed by atoms with Gasteiger partial charge in [-0.2, -0.15) is 0 Å². The molecule has 3 saturated carbocycles. The lowest BCUT2D eigenvalue weighted by molar-refractivity contribution is -0.142. The molecule has 350 valence electrons. The number of carbonyl (C=O) groups is 4. The van der Waals surface area contributed by atoms with E-state index < -0.39 is 79.2 Å². The number of rotatable bonds is 10. The SMILES string of the molecule is C=C[C@@H]1C[C@]1(NC(=O)[C@@H]1C[C@@H]2CN1C(=O)[C@H](C(C)(C)C)NC(=O)O[C@@H]1C[C@H]1CCCCCc1c(nc3ccccc3c1OCCN1CCC(C)(O)CC1)O2)C(=O)NS(=O)(=O)C1(C)CC1. The number of piperidine rings is 1. The molecule has 8 rings (SSSR count). The van der Waals surface area contributed by atoms with E-state index in [1.165, 1.54) is 11.0 Å². The number of alkyl carbamates (subject to hydrolysis) is 1. The number of nitrogens with one attached hydrogen (secondary N) is 3. The van der Waals surface area contributed by atoms with Crippen LogP contribution in [0.2, 0.25) is 0 Å². The van der Waals surface area contributed by atoms with Gasteiger partial charge in [-0.25, -0.2) is 18.2 Å². The lowest BCUT2D eigenvalue weighted by Crippen LogP contribution is -2.60. The van der Waals surface area contributed by atoms with Crippen LogP contribution < -0.4 is 24.8 Å². The Morgan fingerprint density at radius 2 is 1.80 bits per heavy atom. The molecule has 17 heteroatoms. The maximum atomic E-state index is 14.9. The topological polar surface area (TPSA) is 206 Å². The van der Waals surface area contributed by atoms with Gasteiger partial charge in [0.25, 0.3) is 5.91 Å². The van der Waals surface area contributed by atoms with E-state index in [1.54, 1.807) is 6.92 Å². The molecule has 4 heterocycles. The smallest absolute Gasteiger partial charge is 0.408 e. The van der Waals surface area contributed by atoms with Crippen molar-refractivity contribution in [2.45, 2.75) is 152 Å². The number of likely N-dealkylation sites (tertiary alicyclic amines) is 1. The summed E-state index contributed by atoms with van der Waals surface area (Å²) in [5.74, 6) is -1.33. The van der Waals surface area contributed by atoms with Gasteiger partial charge in [0.2, 0.25) is 27.7 Å². The van der Waals surface area contributed by atoms with E-state index in [0.29, 0.717) is 62.4 Å². The van der Waals surface area contributed by atoms with Crippen LogP contribution in [-0.4, -0.2) is 125 Å². The number of nitrogens with zero attached hydrogens (tertiary/aromatic N) is 3. The van der Waals surface area contributed by atoms with Gasteiger partial charge < -0.3 is 34.9 Å². The van der Waals surface area contributed by atoms with Crippen molar-refractivity contribution in [3.8, 4) is 11.6 Å². The molecule has 64 heavy (non-hydrogen) atoms. The molecule has 4 amide bonds. The summed E-state index contributed by atoms with van der Waals surface area (Å²) in [6.07, 6.45) is 7.08. The number of pyridine rings is 1. The van der Waals surface area contributed by atoms with Gasteiger partial charge in [-0.05, 0) is 95.1 Å². The van der Waals surface area contributed by atoms with E-state index >= 15 is 0 Å². The van der Waals surface area contributed by atoms with Gasteiger partial charge in [0, 0.05) is 37.4 Å². The Morgan fingerprint density at radius 1 is 1.06 bits per heavy atom. The normalized spacial score (nSPS) is 30.5. The maximum Gasteiger partial charge on any atom is 0.408 e. The number of hydrogen-bond donors (Lipinski definition) is 4. The van der Waals surface area contributed by atoms with Crippen molar-refractivity contribution in [3.05, 3.63) is 42.5 Å². The molecule has 2 bridgehead atoms. The Bertz CT molecular complexity index is 2270. The zero-order chi connectivity index (χ0) is 45.8. The van der Waals surface area contributed by atoms with Crippen LogP contribution in [0.15, 0.2) is 36.9 Å². The van der Waals surface area contributed by atoms with Crippen LogP contribution >= 0.6 is 0 Å². The highest BCUT2D eigenvalue weighted by atomic mass is 32.2. The van der Waals surface area contributed by atoms with Crippen molar-refractivity contribution in [1.29, 1.82) is 0 Å². The molecule has 0 spiro atoms. The molecule has 0 unspecified atom stereocenters. The van der Waals surface area contributed by atoms with Gasteiger partial charge in [0.1, 0.15) is 42.2 Å². The van der Waals surface area contributed by atoms with Crippen LogP contribution in [-0.2, 0) is 35.6 Å². The molecular weight excluding hydrogens is 841 g/mol. The summed E-state index contributed by atoms with van der Waals surface area (Å²) < 4.78 is 46.9. The molecule has 1 aromatic heterocycles. The Balaban J connectivity index is 1.12. The van der Waals surface area contributed by atoms with Crippen molar-refractivity contribution in [3.63, 3.8) is 0 Å². The van der Waals surface area contributed by atoms with Crippen molar-refractivity contribution < 1.29 is 46.9 Å². The van der Waals surface area contributed by atoms with E-state index in [9.17, 15) is 32.7 Å².